The molecule has 2 atom stereocenters. The van der Waals surface area contributed by atoms with E-state index in [0.29, 0.717) is 6.04 Å². The van der Waals surface area contributed by atoms with Crippen LogP contribution in [0.25, 0.3) is 0 Å². The van der Waals surface area contributed by atoms with Crippen LogP contribution in [0.15, 0.2) is 0 Å². The zero-order valence-corrected chi connectivity index (χ0v) is 8.88. The van der Waals surface area contributed by atoms with Gasteiger partial charge in [0.1, 0.15) is 0 Å². The maximum absolute atomic E-state index is 11.7. The molecule has 3 nitrogen and oxygen atoms in total. The molecule has 0 radical (unpaired) electrons. The molecule has 2 fully saturated rings. The first-order chi connectivity index (χ1) is 6.75. The van der Waals surface area contributed by atoms with Crippen molar-refractivity contribution in [2.24, 2.45) is 5.92 Å². The van der Waals surface area contributed by atoms with Crippen LogP contribution in [0, 0.1) is 5.92 Å². The van der Waals surface area contributed by atoms with E-state index in [2.05, 4.69) is 17.6 Å². The summed E-state index contributed by atoms with van der Waals surface area (Å²) >= 11 is 0. The lowest BCUT2D eigenvalue weighted by atomic mass is 10.1. The highest BCUT2D eigenvalue weighted by Crippen LogP contribution is 2.33. The minimum atomic E-state index is 0.0802. The van der Waals surface area contributed by atoms with Crippen LogP contribution < -0.4 is 10.6 Å². The Morgan fingerprint density at radius 1 is 1.50 bits per heavy atom. The molecule has 1 saturated carbocycles. The summed E-state index contributed by atoms with van der Waals surface area (Å²) in [6, 6.07) is 0.439. The first kappa shape index (κ1) is 9.97. The molecule has 0 bridgehead atoms. The Morgan fingerprint density at radius 3 is 2.86 bits per heavy atom. The lowest BCUT2D eigenvalue weighted by Gasteiger charge is -2.16. The average molecular weight is 196 g/mol. The van der Waals surface area contributed by atoms with Crippen LogP contribution in [0.5, 0.6) is 0 Å². The van der Waals surface area contributed by atoms with E-state index in [4.69, 9.17) is 0 Å². The summed E-state index contributed by atoms with van der Waals surface area (Å²) < 4.78 is 0. The van der Waals surface area contributed by atoms with Crippen molar-refractivity contribution in [3.63, 3.8) is 0 Å². The first-order valence-electron chi connectivity index (χ1n) is 5.79. The Bertz CT molecular complexity index is 207. The lowest BCUT2D eigenvalue weighted by Crippen LogP contribution is -2.44. The number of carbonyl (C=O) groups is 1. The van der Waals surface area contributed by atoms with Gasteiger partial charge in [0.05, 0.1) is 6.04 Å². The molecule has 1 saturated heterocycles. The second-order valence-corrected chi connectivity index (χ2v) is 4.74. The predicted octanol–water partition coefficient (Wildman–Crippen LogP) is 1.04. The van der Waals surface area contributed by atoms with Gasteiger partial charge < -0.3 is 10.6 Å². The summed E-state index contributed by atoms with van der Waals surface area (Å²) in [5.41, 5.74) is 0. The Kier molecular flexibility index (Phi) is 3.06. The molecule has 2 rings (SSSR count). The van der Waals surface area contributed by atoms with Crippen molar-refractivity contribution in [3.05, 3.63) is 0 Å². The van der Waals surface area contributed by atoms with Gasteiger partial charge in [-0.05, 0) is 38.6 Å². The third-order valence-electron chi connectivity index (χ3n) is 3.15. The summed E-state index contributed by atoms with van der Waals surface area (Å²) in [5.74, 6) is 1.09. The molecule has 0 spiro atoms. The largest absolute Gasteiger partial charge is 0.352 e. The molecule has 0 aromatic carbocycles. The third kappa shape index (κ3) is 2.71. The minimum absolute atomic E-state index is 0.0802. The van der Waals surface area contributed by atoms with E-state index in [-0.39, 0.29) is 11.9 Å². The fourth-order valence-electron chi connectivity index (χ4n) is 2.16. The second-order valence-electron chi connectivity index (χ2n) is 4.74. The molecule has 80 valence electrons. The van der Waals surface area contributed by atoms with Crippen LogP contribution in [0.4, 0.5) is 0 Å². The van der Waals surface area contributed by atoms with Crippen molar-refractivity contribution in [1.29, 1.82) is 0 Å². The van der Waals surface area contributed by atoms with Gasteiger partial charge in [-0.3, -0.25) is 4.79 Å². The summed E-state index contributed by atoms with van der Waals surface area (Å²) in [4.78, 5) is 11.7. The number of hydrogen-bond donors (Lipinski definition) is 2. The summed E-state index contributed by atoms with van der Waals surface area (Å²) in [7, 11) is 0. The van der Waals surface area contributed by atoms with E-state index >= 15 is 0 Å². The standard InChI is InChI=1S/C11H20N2O/c1-8(7-9-4-5-9)13-11(14)10-3-2-6-12-10/h8-10,12H,2-7H2,1H3,(H,13,14)/t8?,10-/m0/s1. The Balaban J connectivity index is 1.69. The molecule has 1 amide bonds. The molecular weight excluding hydrogens is 176 g/mol. The molecule has 2 aliphatic rings. The van der Waals surface area contributed by atoms with Gasteiger partial charge >= 0.3 is 0 Å². The minimum Gasteiger partial charge on any atom is -0.352 e. The van der Waals surface area contributed by atoms with E-state index in [1.807, 2.05) is 0 Å². The molecule has 1 aliphatic heterocycles. The summed E-state index contributed by atoms with van der Waals surface area (Å²) in [6.45, 7) is 3.11. The van der Waals surface area contributed by atoms with Gasteiger partial charge in [-0.25, -0.2) is 0 Å². The highest BCUT2D eigenvalue weighted by atomic mass is 16.2. The van der Waals surface area contributed by atoms with Gasteiger partial charge in [-0.15, -0.1) is 0 Å². The lowest BCUT2D eigenvalue weighted by molar-refractivity contribution is -0.123. The highest BCUT2D eigenvalue weighted by Gasteiger charge is 2.27. The van der Waals surface area contributed by atoms with Crippen LogP contribution >= 0.6 is 0 Å². The van der Waals surface area contributed by atoms with Crippen molar-refractivity contribution < 1.29 is 4.79 Å². The molecule has 1 unspecified atom stereocenters. The molecule has 1 aliphatic carbocycles. The number of amides is 1. The van der Waals surface area contributed by atoms with Crippen molar-refractivity contribution in [1.82, 2.24) is 10.6 Å². The molecule has 2 N–H and O–H groups in total. The van der Waals surface area contributed by atoms with E-state index in [1.54, 1.807) is 0 Å². The van der Waals surface area contributed by atoms with Crippen molar-refractivity contribution in [3.8, 4) is 0 Å². The second kappa shape index (κ2) is 4.30. The molecule has 3 heteroatoms. The number of hydrogen-bond acceptors (Lipinski definition) is 2. The maximum atomic E-state index is 11.7. The van der Waals surface area contributed by atoms with E-state index in [0.717, 1.165) is 25.3 Å². The smallest absolute Gasteiger partial charge is 0.237 e. The van der Waals surface area contributed by atoms with Gasteiger partial charge in [-0.1, -0.05) is 12.8 Å². The topological polar surface area (TPSA) is 41.1 Å². The van der Waals surface area contributed by atoms with E-state index in [9.17, 15) is 4.79 Å². The van der Waals surface area contributed by atoms with Crippen LogP contribution in [0.1, 0.15) is 39.0 Å². The fraction of sp³-hybridized carbons (Fsp3) is 0.909. The van der Waals surface area contributed by atoms with Crippen molar-refractivity contribution in [2.75, 3.05) is 6.54 Å². The van der Waals surface area contributed by atoms with Gasteiger partial charge in [0, 0.05) is 6.04 Å². The van der Waals surface area contributed by atoms with Crippen LogP contribution in [-0.2, 0) is 4.79 Å². The van der Waals surface area contributed by atoms with E-state index in [1.165, 1.54) is 19.3 Å². The van der Waals surface area contributed by atoms with E-state index < -0.39 is 0 Å². The molecular formula is C11H20N2O. The van der Waals surface area contributed by atoms with Crippen molar-refractivity contribution >= 4 is 5.91 Å². The predicted molar refractivity (Wildman–Crippen MR) is 56.0 cm³/mol. The molecule has 0 aromatic rings. The Labute approximate surface area is 85.6 Å². The Hall–Kier alpha value is -0.570. The number of nitrogens with one attached hydrogen (secondary N) is 2. The zero-order chi connectivity index (χ0) is 9.97. The maximum Gasteiger partial charge on any atom is 0.237 e. The number of carbonyl (C=O) groups excluding carboxylic acids is 1. The van der Waals surface area contributed by atoms with Crippen LogP contribution in [0.2, 0.25) is 0 Å². The highest BCUT2D eigenvalue weighted by molar-refractivity contribution is 5.82. The number of rotatable bonds is 4. The Morgan fingerprint density at radius 2 is 2.29 bits per heavy atom. The third-order valence-corrected chi connectivity index (χ3v) is 3.15. The summed E-state index contributed by atoms with van der Waals surface area (Å²) in [5, 5.41) is 6.31. The summed E-state index contributed by atoms with van der Waals surface area (Å²) in [6.07, 6.45) is 6.03. The van der Waals surface area contributed by atoms with Crippen LogP contribution in [0.3, 0.4) is 0 Å². The van der Waals surface area contributed by atoms with Gasteiger partial charge in [0.25, 0.3) is 0 Å². The fourth-order valence-corrected chi connectivity index (χ4v) is 2.16. The van der Waals surface area contributed by atoms with Gasteiger partial charge in [0.15, 0.2) is 0 Å². The van der Waals surface area contributed by atoms with Gasteiger partial charge in [-0.2, -0.15) is 0 Å². The molecule has 1 heterocycles. The zero-order valence-electron chi connectivity index (χ0n) is 8.88. The van der Waals surface area contributed by atoms with Crippen molar-refractivity contribution in [2.45, 2.75) is 51.1 Å². The normalized spacial score (nSPS) is 28.8. The van der Waals surface area contributed by atoms with Gasteiger partial charge in [0.2, 0.25) is 5.91 Å². The quantitative estimate of drug-likeness (QED) is 0.705. The van der Waals surface area contributed by atoms with Crippen LogP contribution in [-0.4, -0.2) is 24.5 Å². The first-order valence-corrected chi connectivity index (χ1v) is 5.79. The SMILES string of the molecule is CC(CC1CC1)NC(=O)[C@@H]1CCCN1. The average Bonchev–Trinajstić information content (AvgIpc) is 2.80. The monoisotopic (exact) mass is 196 g/mol. The molecule has 0 aromatic heterocycles. The molecule has 14 heavy (non-hydrogen) atoms.